The highest BCUT2D eigenvalue weighted by Gasteiger charge is 2.31. The third-order valence-corrected chi connectivity index (χ3v) is 5.85. The molecule has 0 N–H and O–H groups in total. The summed E-state index contributed by atoms with van der Waals surface area (Å²) in [7, 11) is -3.57. The molecule has 3 aromatic carbocycles. The maximum absolute atomic E-state index is 14.1. The fourth-order valence-electron chi connectivity index (χ4n) is 3.56. The van der Waals surface area contributed by atoms with Crippen molar-refractivity contribution in [1.82, 2.24) is 0 Å². The molecule has 0 saturated heterocycles. The fourth-order valence-corrected chi connectivity index (χ4v) is 4.35. The Morgan fingerprint density at radius 2 is 1.48 bits per heavy atom. The van der Waals surface area contributed by atoms with Crippen LogP contribution in [0.15, 0.2) is 71.7 Å². The van der Waals surface area contributed by atoms with Gasteiger partial charge in [0.25, 0.3) is 0 Å². The van der Waals surface area contributed by atoms with Gasteiger partial charge < -0.3 is 4.18 Å². The van der Waals surface area contributed by atoms with Gasteiger partial charge in [-0.3, -0.25) is 4.99 Å². The molecule has 4 nitrogen and oxygen atoms in total. The number of hydrogen-bond acceptors (Lipinski definition) is 4. The molecule has 8 heteroatoms. The summed E-state index contributed by atoms with van der Waals surface area (Å²) < 4.78 is 55.5. The highest BCUT2D eigenvalue weighted by Crippen LogP contribution is 2.36. The first-order valence-corrected chi connectivity index (χ1v) is 11.7. The van der Waals surface area contributed by atoms with Gasteiger partial charge in [0.15, 0.2) is 0 Å². The molecule has 160 valence electrons. The zero-order valence-electron chi connectivity index (χ0n) is 16.4. The van der Waals surface area contributed by atoms with E-state index in [-0.39, 0.29) is 23.1 Å². The van der Waals surface area contributed by atoms with E-state index in [1.54, 1.807) is 24.3 Å². The number of alkyl halides is 1. The van der Waals surface area contributed by atoms with E-state index in [0.29, 0.717) is 6.42 Å². The Balaban J connectivity index is 1.55. The Morgan fingerprint density at radius 1 is 0.935 bits per heavy atom. The zero-order chi connectivity index (χ0) is 22.2. The van der Waals surface area contributed by atoms with Crippen LogP contribution >= 0.6 is 11.6 Å². The Labute approximate surface area is 184 Å². The van der Waals surface area contributed by atoms with E-state index in [9.17, 15) is 17.2 Å². The van der Waals surface area contributed by atoms with Gasteiger partial charge in [-0.1, -0.05) is 42.5 Å². The second-order valence-corrected chi connectivity index (χ2v) is 9.37. The van der Waals surface area contributed by atoms with Crippen LogP contribution in [0.4, 0.5) is 8.78 Å². The summed E-state index contributed by atoms with van der Waals surface area (Å²) >= 11 is 6.37. The molecule has 1 heterocycles. The topological polar surface area (TPSA) is 55.7 Å². The minimum Gasteiger partial charge on any atom is -0.383 e. The van der Waals surface area contributed by atoms with Gasteiger partial charge in [0.05, 0.1) is 28.9 Å². The second kappa shape index (κ2) is 8.40. The highest BCUT2D eigenvalue weighted by atomic mass is 35.5. The van der Waals surface area contributed by atoms with E-state index in [1.807, 2.05) is 24.3 Å². The first kappa shape index (κ1) is 21.5. The molecule has 0 radical (unpaired) electrons. The zero-order valence-corrected chi connectivity index (χ0v) is 18.0. The molecule has 0 unspecified atom stereocenters. The average Bonchev–Trinajstić information content (AvgIpc) is 3.09. The summed E-state index contributed by atoms with van der Waals surface area (Å²) in [6, 6.07) is 17.7. The summed E-state index contributed by atoms with van der Waals surface area (Å²) in [6.45, 7) is 0. The van der Waals surface area contributed by atoms with Crippen LogP contribution in [0.25, 0.3) is 11.1 Å². The van der Waals surface area contributed by atoms with E-state index < -0.39 is 27.1 Å². The molecule has 0 spiro atoms. The van der Waals surface area contributed by atoms with E-state index in [1.165, 1.54) is 18.2 Å². The van der Waals surface area contributed by atoms with Gasteiger partial charge in [0, 0.05) is 0 Å². The third kappa shape index (κ3) is 4.78. The molecular weight excluding hydrogens is 444 g/mol. The van der Waals surface area contributed by atoms with E-state index >= 15 is 0 Å². The molecule has 1 aliphatic rings. The summed E-state index contributed by atoms with van der Waals surface area (Å²) in [5.74, 6) is -1.11. The van der Waals surface area contributed by atoms with Crippen LogP contribution in [-0.4, -0.2) is 25.8 Å². The number of nitrogens with zero attached hydrogens (tertiary/aromatic N) is 1. The Bertz CT molecular complexity index is 1220. The van der Waals surface area contributed by atoms with Crippen LogP contribution < -0.4 is 4.18 Å². The van der Waals surface area contributed by atoms with Crippen molar-refractivity contribution in [1.29, 1.82) is 0 Å². The van der Waals surface area contributed by atoms with Crippen molar-refractivity contribution in [3.8, 4) is 16.9 Å². The standard InChI is InChI=1S/C23H18ClF2NO3S/c1-31(28,29)30-17-11-9-15(10-12-17)14-5-7-16(8-6-14)21-13-18(24)23(27-21)22-19(25)3-2-4-20(22)26/h2-12,18,21H,13H2,1H3/t18-,21+/m0/s1. The lowest BCUT2D eigenvalue weighted by Crippen LogP contribution is -2.14. The quantitative estimate of drug-likeness (QED) is 0.372. The van der Waals surface area contributed by atoms with Crippen LogP contribution in [0.5, 0.6) is 5.75 Å². The van der Waals surface area contributed by atoms with Crippen LogP contribution in [0.3, 0.4) is 0 Å². The number of hydrogen-bond donors (Lipinski definition) is 0. The highest BCUT2D eigenvalue weighted by molar-refractivity contribution is 7.86. The summed E-state index contributed by atoms with van der Waals surface area (Å²) in [4.78, 5) is 4.51. The maximum Gasteiger partial charge on any atom is 0.306 e. The molecular formula is C23H18ClF2NO3S. The van der Waals surface area contributed by atoms with Crippen molar-refractivity contribution in [3.63, 3.8) is 0 Å². The third-order valence-electron chi connectivity index (χ3n) is 4.97. The number of aliphatic imine (C=N–C) groups is 1. The largest absolute Gasteiger partial charge is 0.383 e. The SMILES string of the molecule is CS(=O)(=O)Oc1ccc(-c2ccc([C@H]3C[C@H](Cl)C(c4c(F)cccc4F)=N3)cc2)cc1. The van der Waals surface area contributed by atoms with Gasteiger partial charge in [-0.2, -0.15) is 8.42 Å². The Morgan fingerprint density at radius 3 is 2.03 bits per heavy atom. The molecule has 1 aliphatic heterocycles. The second-order valence-electron chi connectivity index (χ2n) is 7.26. The monoisotopic (exact) mass is 461 g/mol. The summed E-state index contributed by atoms with van der Waals surface area (Å²) in [5, 5.41) is -0.585. The van der Waals surface area contributed by atoms with E-state index in [0.717, 1.165) is 22.9 Å². The van der Waals surface area contributed by atoms with Crippen molar-refractivity contribution in [2.75, 3.05) is 6.26 Å². The molecule has 2 atom stereocenters. The molecule has 0 fully saturated rings. The lowest BCUT2D eigenvalue weighted by atomic mass is 9.99. The fraction of sp³-hybridized carbons (Fsp3) is 0.174. The molecule has 31 heavy (non-hydrogen) atoms. The molecule has 4 rings (SSSR count). The lowest BCUT2D eigenvalue weighted by molar-refractivity contribution is 0.493. The minimum absolute atomic E-state index is 0.168. The van der Waals surface area contributed by atoms with Gasteiger partial charge in [-0.15, -0.1) is 11.6 Å². The van der Waals surface area contributed by atoms with Crippen LogP contribution in [0.2, 0.25) is 0 Å². The van der Waals surface area contributed by atoms with Crippen molar-refractivity contribution in [2.45, 2.75) is 17.8 Å². The first-order valence-electron chi connectivity index (χ1n) is 9.47. The number of benzene rings is 3. The first-order chi connectivity index (χ1) is 14.7. The summed E-state index contributed by atoms with van der Waals surface area (Å²) in [6.07, 6.45) is 1.43. The van der Waals surface area contributed by atoms with Crippen LogP contribution in [0, 0.1) is 11.6 Å². The molecule has 0 saturated carbocycles. The van der Waals surface area contributed by atoms with Crippen LogP contribution in [0.1, 0.15) is 23.6 Å². The predicted octanol–water partition coefficient (Wildman–Crippen LogP) is 5.51. The van der Waals surface area contributed by atoms with Crippen molar-refractivity contribution >= 4 is 27.4 Å². The molecule has 0 aliphatic carbocycles. The minimum atomic E-state index is -3.57. The summed E-state index contributed by atoms with van der Waals surface area (Å²) in [5.41, 5.74) is 2.75. The predicted molar refractivity (Wildman–Crippen MR) is 117 cm³/mol. The smallest absolute Gasteiger partial charge is 0.306 e. The van der Waals surface area contributed by atoms with Gasteiger partial charge in [0.2, 0.25) is 0 Å². The normalized spacial score (nSPS) is 18.6. The Kier molecular flexibility index (Phi) is 5.81. The Hall–Kier alpha value is -2.77. The van der Waals surface area contributed by atoms with Gasteiger partial charge >= 0.3 is 10.1 Å². The van der Waals surface area contributed by atoms with Gasteiger partial charge in [0.1, 0.15) is 17.4 Å². The molecule has 0 amide bonds. The maximum atomic E-state index is 14.1. The average molecular weight is 462 g/mol. The molecule has 3 aromatic rings. The lowest BCUT2D eigenvalue weighted by Gasteiger charge is -2.09. The molecule has 0 aromatic heterocycles. The van der Waals surface area contributed by atoms with Crippen LogP contribution in [-0.2, 0) is 10.1 Å². The van der Waals surface area contributed by atoms with Gasteiger partial charge in [-0.25, -0.2) is 8.78 Å². The van der Waals surface area contributed by atoms with Crippen molar-refractivity contribution < 1.29 is 21.4 Å². The van der Waals surface area contributed by atoms with E-state index in [4.69, 9.17) is 15.8 Å². The van der Waals surface area contributed by atoms with E-state index in [2.05, 4.69) is 4.99 Å². The van der Waals surface area contributed by atoms with Crippen molar-refractivity contribution in [3.05, 3.63) is 89.5 Å². The number of rotatable bonds is 5. The van der Waals surface area contributed by atoms with Gasteiger partial charge in [-0.05, 0) is 47.4 Å². The van der Waals surface area contributed by atoms with Crippen molar-refractivity contribution in [2.24, 2.45) is 4.99 Å². The molecule has 0 bridgehead atoms. The number of halogens is 3.